The van der Waals surface area contributed by atoms with Gasteiger partial charge in [-0.3, -0.25) is 9.59 Å². The van der Waals surface area contributed by atoms with Crippen LogP contribution in [0.15, 0.2) is 28.9 Å². The molecule has 1 saturated heterocycles. The standard InChI is InChI=1S/C17H20N2O4/c1-11-3-4-13-12(9-22-14(13)7-11)8-15(20)19-5-6-23-17(2,10-19)16(18)21/h3-4,7,9H,5-6,8,10H2,1-2H3,(H2,18,21). The lowest BCUT2D eigenvalue weighted by atomic mass is 10.0. The fraction of sp³-hybridized carbons (Fsp3) is 0.412. The van der Waals surface area contributed by atoms with Gasteiger partial charge in [-0.2, -0.15) is 0 Å². The van der Waals surface area contributed by atoms with E-state index in [-0.39, 0.29) is 18.9 Å². The summed E-state index contributed by atoms with van der Waals surface area (Å²) < 4.78 is 11.0. The number of primary amides is 1. The van der Waals surface area contributed by atoms with Crippen molar-refractivity contribution in [3.63, 3.8) is 0 Å². The third-order valence-electron chi connectivity index (χ3n) is 4.30. The molecule has 2 amide bonds. The first-order chi connectivity index (χ1) is 10.9. The third-order valence-corrected chi connectivity index (χ3v) is 4.30. The molecule has 6 nitrogen and oxygen atoms in total. The van der Waals surface area contributed by atoms with Crippen LogP contribution in [-0.4, -0.2) is 42.0 Å². The number of fused-ring (bicyclic) bond motifs is 1. The Labute approximate surface area is 134 Å². The van der Waals surface area contributed by atoms with Gasteiger partial charge in [-0.15, -0.1) is 0 Å². The Morgan fingerprint density at radius 3 is 2.91 bits per heavy atom. The molecule has 0 bridgehead atoms. The van der Waals surface area contributed by atoms with E-state index in [2.05, 4.69) is 0 Å². The third kappa shape index (κ3) is 2.94. The van der Waals surface area contributed by atoms with Gasteiger partial charge < -0.3 is 19.8 Å². The number of benzene rings is 1. The van der Waals surface area contributed by atoms with Crippen LogP contribution in [0, 0.1) is 6.92 Å². The number of ether oxygens (including phenoxy) is 1. The second-order valence-electron chi connectivity index (χ2n) is 6.20. The summed E-state index contributed by atoms with van der Waals surface area (Å²) in [6, 6.07) is 5.90. The number of nitrogens with two attached hydrogens (primary N) is 1. The number of aryl methyl sites for hydroxylation is 1. The number of morpholine rings is 1. The number of carbonyl (C=O) groups is 2. The van der Waals surface area contributed by atoms with Crippen LogP contribution < -0.4 is 5.73 Å². The Kier molecular flexibility index (Phi) is 3.85. The zero-order valence-electron chi connectivity index (χ0n) is 13.3. The molecule has 2 heterocycles. The maximum atomic E-state index is 12.6. The van der Waals surface area contributed by atoms with E-state index in [1.54, 1.807) is 18.1 Å². The molecule has 2 aromatic rings. The van der Waals surface area contributed by atoms with Gasteiger partial charge >= 0.3 is 0 Å². The molecule has 3 rings (SSSR count). The molecule has 1 aliphatic rings. The van der Waals surface area contributed by atoms with Gasteiger partial charge in [0.15, 0.2) is 5.60 Å². The minimum absolute atomic E-state index is 0.0657. The molecule has 1 fully saturated rings. The molecule has 6 heteroatoms. The van der Waals surface area contributed by atoms with E-state index in [4.69, 9.17) is 14.9 Å². The van der Waals surface area contributed by atoms with Gasteiger partial charge in [0.05, 0.1) is 25.8 Å². The van der Waals surface area contributed by atoms with Gasteiger partial charge in [0.2, 0.25) is 5.91 Å². The van der Waals surface area contributed by atoms with Crippen molar-refractivity contribution in [2.45, 2.75) is 25.9 Å². The zero-order valence-corrected chi connectivity index (χ0v) is 13.3. The van der Waals surface area contributed by atoms with Crippen molar-refractivity contribution in [3.05, 3.63) is 35.6 Å². The summed E-state index contributed by atoms with van der Waals surface area (Å²) in [5.41, 5.74) is 6.98. The summed E-state index contributed by atoms with van der Waals surface area (Å²) in [7, 11) is 0. The first-order valence-corrected chi connectivity index (χ1v) is 7.57. The normalized spacial score (nSPS) is 21.6. The molecule has 1 atom stereocenters. The van der Waals surface area contributed by atoms with Crippen molar-refractivity contribution in [1.29, 1.82) is 0 Å². The van der Waals surface area contributed by atoms with Gasteiger partial charge in [0, 0.05) is 17.5 Å². The Morgan fingerprint density at radius 2 is 2.17 bits per heavy atom. The Morgan fingerprint density at radius 1 is 1.39 bits per heavy atom. The predicted molar refractivity (Wildman–Crippen MR) is 84.8 cm³/mol. The largest absolute Gasteiger partial charge is 0.464 e. The average Bonchev–Trinajstić information content (AvgIpc) is 2.89. The van der Waals surface area contributed by atoms with E-state index in [1.807, 2.05) is 25.1 Å². The van der Waals surface area contributed by atoms with Crippen LogP contribution in [0.25, 0.3) is 11.0 Å². The van der Waals surface area contributed by atoms with Crippen molar-refractivity contribution < 1.29 is 18.7 Å². The fourth-order valence-corrected chi connectivity index (χ4v) is 2.83. The second kappa shape index (κ2) is 5.70. The topological polar surface area (TPSA) is 85.8 Å². The van der Waals surface area contributed by atoms with Crippen molar-refractivity contribution >= 4 is 22.8 Å². The summed E-state index contributed by atoms with van der Waals surface area (Å²) in [6.07, 6.45) is 1.85. The molecular formula is C17H20N2O4. The summed E-state index contributed by atoms with van der Waals surface area (Å²) in [5, 5.41) is 0.940. The summed E-state index contributed by atoms with van der Waals surface area (Å²) in [4.78, 5) is 25.7. The van der Waals surface area contributed by atoms with Crippen molar-refractivity contribution in [3.8, 4) is 0 Å². The van der Waals surface area contributed by atoms with Crippen LogP contribution in [0.3, 0.4) is 0 Å². The number of hydrogen-bond donors (Lipinski definition) is 1. The highest BCUT2D eigenvalue weighted by Gasteiger charge is 2.39. The van der Waals surface area contributed by atoms with E-state index in [0.29, 0.717) is 13.2 Å². The highest BCUT2D eigenvalue weighted by Crippen LogP contribution is 2.24. The molecule has 0 spiro atoms. The van der Waals surface area contributed by atoms with Gasteiger partial charge in [0.25, 0.3) is 5.91 Å². The van der Waals surface area contributed by atoms with E-state index in [1.165, 1.54) is 0 Å². The number of furan rings is 1. The Balaban J connectivity index is 1.77. The highest BCUT2D eigenvalue weighted by atomic mass is 16.5. The molecule has 122 valence electrons. The number of carbonyl (C=O) groups excluding carboxylic acids is 2. The van der Waals surface area contributed by atoms with Crippen molar-refractivity contribution in [2.75, 3.05) is 19.7 Å². The molecule has 23 heavy (non-hydrogen) atoms. The maximum absolute atomic E-state index is 12.6. The van der Waals surface area contributed by atoms with Crippen LogP contribution in [0.1, 0.15) is 18.1 Å². The van der Waals surface area contributed by atoms with Gasteiger partial charge in [0.1, 0.15) is 5.58 Å². The number of rotatable bonds is 3. The summed E-state index contributed by atoms with van der Waals surface area (Å²) in [6.45, 7) is 4.54. The molecule has 1 aromatic carbocycles. The monoisotopic (exact) mass is 316 g/mol. The van der Waals surface area contributed by atoms with Crippen LogP contribution in [-0.2, 0) is 20.7 Å². The summed E-state index contributed by atoms with van der Waals surface area (Å²) in [5.74, 6) is -0.622. The SMILES string of the molecule is Cc1ccc2c(CC(=O)N3CCOC(C)(C(N)=O)C3)coc2c1. The van der Waals surface area contributed by atoms with Gasteiger partial charge in [-0.25, -0.2) is 0 Å². The molecule has 0 saturated carbocycles. The average molecular weight is 316 g/mol. The lowest BCUT2D eigenvalue weighted by Crippen LogP contribution is -2.58. The molecule has 1 unspecified atom stereocenters. The molecule has 2 N–H and O–H groups in total. The first kappa shape index (κ1) is 15.6. The van der Waals surface area contributed by atoms with Crippen molar-refractivity contribution in [1.82, 2.24) is 4.90 Å². The van der Waals surface area contributed by atoms with Gasteiger partial charge in [-0.05, 0) is 25.5 Å². The lowest BCUT2D eigenvalue weighted by Gasteiger charge is -2.38. The van der Waals surface area contributed by atoms with Crippen molar-refractivity contribution in [2.24, 2.45) is 5.73 Å². The fourth-order valence-electron chi connectivity index (χ4n) is 2.83. The van der Waals surface area contributed by atoms with E-state index in [9.17, 15) is 9.59 Å². The van der Waals surface area contributed by atoms with Crippen LogP contribution in [0.2, 0.25) is 0 Å². The van der Waals surface area contributed by atoms with E-state index in [0.717, 1.165) is 22.1 Å². The van der Waals surface area contributed by atoms with Gasteiger partial charge in [-0.1, -0.05) is 12.1 Å². The number of amides is 2. The molecule has 1 aliphatic heterocycles. The predicted octanol–water partition coefficient (Wildman–Crippen LogP) is 1.39. The number of nitrogens with zero attached hydrogens (tertiary/aromatic N) is 1. The maximum Gasteiger partial charge on any atom is 0.251 e. The first-order valence-electron chi connectivity index (χ1n) is 7.57. The van der Waals surface area contributed by atoms with E-state index >= 15 is 0 Å². The summed E-state index contributed by atoms with van der Waals surface area (Å²) >= 11 is 0. The van der Waals surface area contributed by atoms with Crippen LogP contribution >= 0.6 is 0 Å². The lowest BCUT2D eigenvalue weighted by molar-refractivity contribution is -0.160. The quantitative estimate of drug-likeness (QED) is 0.927. The number of hydrogen-bond acceptors (Lipinski definition) is 4. The minimum Gasteiger partial charge on any atom is -0.464 e. The van der Waals surface area contributed by atoms with E-state index < -0.39 is 11.5 Å². The molecular weight excluding hydrogens is 296 g/mol. The molecule has 0 radical (unpaired) electrons. The minimum atomic E-state index is -1.12. The Bertz CT molecular complexity index is 767. The van der Waals surface area contributed by atoms with Crippen LogP contribution in [0.5, 0.6) is 0 Å². The highest BCUT2D eigenvalue weighted by molar-refractivity contribution is 5.89. The Hall–Kier alpha value is -2.34. The van der Waals surface area contributed by atoms with Crippen LogP contribution in [0.4, 0.5) is 0 Å². The molecule has 1 aromatic heterocycles. The zero-order chi connectivity index (χ0) is 16.6. The smallest absolute Gasteiger partial charge is 0.251 e. The molecule has 0 aliphatic carbocycles. The second-order valence-corrected chi connectivity index (χ2v) is 6.20.